The molecule has 2 unspecified atom stereocenters. The van der Waals surface area contributed by atoms with E-state index in [-0.39, 0.29) is 0 Å². The molecule has 0 saturated carbocycles. The molecule has 0 spiro atoms. The van der Waals surface area contributed by atoms with Crippen molar-refractivity contribution >= 4 is 0 Å². The van der Waals surface area contributed by atoms with E-state index in [0.717, 1.165) is 17.8 Å². The largest absolute Gasteiger partial charge is 0.317 e. The molecule has 0 saturated heterocycles. The van der Waals surface area contributed by atoms with Crippen molar-refractivity contribution in [1.29, 1.82) is 0 Å². The molecular formula is C21H45N. The first kappa shape index (κ1) is 22.0. The Morgan fingerprint density at radius 1 is 0.636 bits per heavy atom. The first-order chi connectivity index (χ1) is 10.6. The summed E-state index contributed by atoms with van der Waals surface area (Å²) in [6.07, 6.45) is 15.4. The smallest absolute Gasteiger partial charge is 0.00463 e. The van der Waals surface area contributed by atoms with E-state index in [2.05, 4.69) is 39.9 Å². The minimum absolute atomic E-state index is 0.869. The van der Waals surface area contributed by atoms with Crippen LogP contribution < -0.4 is 5.32 Å². The summed E-state index contributed by atoms with van der Waals surface area (Å²) in [7, 11) is 0. The summed E-state index contributed by atoms with van der Waals surface area (Å²) in [5, 5.41) is 3.69. The van der Waals surface area contributed by atoms with Gasteiger partial charge in [0, 0.05) is 0 Å². The zero-order valence-corrected chi connectivity index (χ0v) is 16.4. The summed E-state index contributed by atoms with van der Waals surface area (Å²) >= 11 is 0. The Bertz CT molecular complexity index is 212. The maximum atomic E-state index is 3.69. The highest BCUT2D eigenvalue weighted by atomic mass is 14.8. The fraction of sp³-hybridized carbons (Fsp3) is 1.00. The van der Waals surface area contributed by atoms with Crippen LogP contribution in [0.4, 0.5) is 0 Å². The second-order valence-corrected chi connectivity index (χ2v) is 7.91. The minimum Gasteiger partial charge on any atom is -0.317 e. The highest BCUT2D eigenvalue weighted by Gasteiger charge is 2.07. The van der Waals surface area contributed by atoms with Gasteiger partial charge in [-0.2, -0.15) is 0 Å². The van der Waals surface area contributed by atoms with Crippen molar-refractivity contribution in [2.24, 2.45) is 17.8 Å². The minimum atomic E-state index is 0.869. The lowest BCUT2D eigenvalue weighted by Crippen LogP contribution is -2.21. The van der Waals surface area contributed by atoms with Gasteiger partial charge >= 0.3 is 0 Å². The summed E-state index contributed by atoms with van der Waals surface area (Å²) in [6.45, 7) is 14.2. The van der Waals surface area contributed by atoms with Crippen LogP contribution in [0.3, 0.4) is 0 Å². The predicted molar refractivity (Wildman–Crippen MR) is 102 cm³/mol. The summed E-state index contributed by atoms with van der Waals surface area (Å²) < 4.78 is 0. The molecule has 0 heterocycles. The van der Waals surface area contributed by atoms with E-state index in [1.165, 1.54) is 83.7 Å². The fourth-order valence-electron chi connectivity index (χ4n) is 3.32. The predicted octanol–water partition coefficient (Wildman–Crippen LogP) is 6.82. The van der Waals surface area contributed by atoms with Crippen molar-refractivity contribution in [3.05, 3.63) is 0 Å². The van der Waals surface area contributed by atoms with Crippen LogP contribution in [0.25, 0.3) is 0 Å². The van der Waals surface area contributed by atoms with Gasteiger partial charge in [0.25, 0.3) is 0 Å². The lowest BCUT2D eigenvalue weighted by atomic mass is 9.93. The molecule has 22 heavy (non-hydrogen) atoms. The number of rotatable bonds is 16. The fourth-order valence-corrected chi connectivity index (χ4v) is 3.32. The molecule has 0 aromatic rings. The van der Waals surface area contributed by atoms with Crippen LogP contribution in [-0.4, -0.2) is 13.1 Å². The summed E-state index contributed by atoms with van der Waals surface area (Å²) in [6, 6.07) is 0. The average molecular weight is 312 g/mol. The third kappa shape index (κ3) is 14.9. The van der Waals surface area contributed by atoms with Crippen molar-refractivity contribution < 1.29 is 0 Å². The number of unbranched alkanes of at least 4 members (excludes halogenated alkanes) is 2. The summed E-state index contributed by atoms with van der Waals surface area (Å²) in [5.41, 5.74) is 0. The Labute approximate surface area is 142 Å². The molecule has 0 radical (unpaired) electrons. The lowest BCUT2D eigenvalue weighted by molar-refractivity contribution is 0.379. The SMILES string of the molecule is CCCCCC(CCC)CCNCCC(C)CCCC(C)C. The van der Waals surface area contributed by atoms with Crippen LogP contribution in [0.2, 0.25) is 0 Å². The van der Waals surface area contributed by atoms with Crippen LogP contribution in [-0.2, 0) is 0 Å². The Hall–Kier alpha value is -0.0400. The first-order valence-electron chi connectivity index (χ1n) is 10.3. The maximum Gasteiger partial charge on any atom is -0.00463 e. The number of hydrogen-bond donors (Lipinski definition) is 1. The van der Waals surface area contributed by atoms with Crippen LogP contribution in [0.5, 0.6) is 0 Å². The molecule has 1 N–H and O–H groups in total. The van der Waals surface area contributed by atoms with Gasteiger partial charge in [-0.1, -0.05) is 92.4 Å². The van der Waals surface area contributed by atoms with Gasteiger partial charge in [-0.05, 0) is 43.7 Å². The molecule has 1 nitrogen and oxygen atoms in total. The highest BCUT2D eigenvalue weighted by Crippen LogP contribution is 2.19. The third-order valence-corrected chi connectivity index (χ3v) is 4.93. The zero-order valence-electron chi connectivity index (χ0n) is 16.4. The van der Waals surface area contributed by atoms with Crippen LogP contribution in [0.1, 0.15) is 105 Å². The second kappa shape index (κ2) is 15.8. The second-order valence-electron chi connectivity index (χ2n) is 7.91. The molecule has 0 aliphatic heterocycles. The molecule has 1 heteroatoms. The van der Waals surface area contributed by atoms with Crippen molar-refractivity contribution in [3.8, 4) is 0 Å². The number of nitrogens with one attached hydrogen (secondary N) is 1. The van der Waals surface area contributed by atoms with E-state index >= 15 is 0 Å². The molecule has 0 fully saturated rings. The van der Waals surface area contributed by atoms with Crippen LogP contribution >= 0.6 is 0 Å². The van der Waals surface area contributed by atoms with Crippen molar-refractivity contribution in [3.63, 3.8) is 0 Å². The molecular weight excluding hydrogens is 266 g/mol. The molecule has 0 rings (SSSR count). The van der Waals surface area contributed by atoms with Gasteiger partial charge in [-0.25, -0.2) is 0 Å². The molecule has 0 aromatic heterocycles. The quantitative estimate of drug-likeness (QED) is 0.308. The van der Waals surface area contributed by atoms with Crippen molar-refractivity contribution in [1.82, 2.24) is 5.32 Å². The van der Waals surface area contributed by atoms with Gasteiger partial charge in [0.05, 0.1) is 0 Å². The Morgan fingerprint density at radius 2 is 1.36 bits per heavy atom. The van der Waals surface area contributed by atoms with Crippen molar-refractivity contribution in [2.75, 3.05) is 13.1 Å². The topological polar surface area (TPSA) is 12.0 Å². The van der Waals surface area contributed by atoms with E-state index in [0.29, 0.717) is 0 Å². The molecule has 0 bridgehead atoms. The van der Waals surface area contributed by atoms with E-state index in [9.17, 15) is 0 Å². The molecule has 0 aliphatic rings. The van der Waals surface area contributed by atoms with Gasteiger partial charge in [-0.15, -0.1) is 0 Å². The first-order valence-corrected chi connectivity index (χ1v) is 10.3. The lowest BCUT2D eigenvalue weighted by Gasteiger charge is -2.17. The van der Waals surface area contributed by atoms with Gasteiger partial charge in [-0.3, -0.25) is 0 Å². The Morgan fingerprint density at radius 3 is 2.00 bits per heavy atom. The van der Waals surface area contributed by atoms with Gasteiger partial charge in [0.1, 0.15) is 0 Å². The van der Waals surface area contributed by atoms with Gasteiger partial charge < -0.3 is 5.32 Å². The maximum absolute atomic E-state index is 3.69. The monoisotopic (exact) mass is 311 g/mol. The standard InChI is InChI=1S/C21H45N/c1-6-8-9-14-21(11-7-2)16-18-22-17-15-20(5)13-10-12-19(3)4/h19-22H,6-18H2,1-5H3. The van der Waals surface area contributed by atoms with E-state index in [1.807, 2.05) is 0 Å². The van der Waals surface area contributed by atoms with E-state index in [1.54, 1.807) is 0 Å². The molecule has 0 aliphatic carbocycles. The Balaban J connectivity index is 3.54. The van der Waals surface area contributed by atoms with Crippen LogP contribution in [0.15, 0.2) is 0 Å². The van der Waals surface area contributed by atoms with Crippen molar-refractivity contribution in [2.45, 2.75) is 105 Å². The molecule has 0 aromatic carbocycles. The molecule has 0 amide bonds. The van der Waals surface area contributed by atoms with E-state index in [4.69, 9.17) is 0 Å². The van der Waals surface area contributed by atoms with Gasteiger partial charge in [0.15, 0.2) is 0 Å². The average Bonchev–Trinajstić information content (AvgIpc) is 2.46. The summed E-state index contributed by atoms with van der Waals surface area (Å²) in [4.78, 5) is 0. The van der Waals surface area contributed by atoms with Gasteiger partial charge in [0.2, 0.25) is 0 Å². The number of hydrogen-bond acceptors (Lipinski definition) is 1. The molecule has 2 atom stereocenters. The Kier molecular flexibility index (Phi) is 15.8. The third-order valence-electron chi connectivity index (χ3n) is 4.93. The molecule has 134 valence electrons. The zero-order chi connectivity index (χ0) is 16.6. The van der Waals surface area contributed by atoms with E-state index < -0.39 is 0 Å². The summed E-state index contributed by atoms with van der Waals surface area (Å²) in [5.74, 6) is 2.73. The highest BCUT2D eigenvalue weighted by molar-refractivity contribution is 4.63. The normalized spacial score (nSPS) is 14.5. The van der Waals surface area contributed by atoms with Crippen LogP contribution in [0, 0.1) is 17.8 Å².